The van der Waals surface area contributed by atoms with Crippen molar-refractivity contribution in [2.24, 2.45) is 0 Å². The van der Waals surface area contributed by atoms with Gasteiger partial charge in [0.2, 0.25) is 0 Å². The Bertz CT molecular complexity index is 2040. The van der Waals surface area contributed by atoms with Crippen LogP contribution in [0.4, 0.5) is 17.1 Å². The highest BCUT2D eigenvalue weighted by Crippen LogP contribution is 2.52. The van der Waals surface area contributed by atoms with Gasteiger partial charge in [-0.1, -0.05) is 127 Å². The van der Waals surface area contributed by atoms with Crippen LogP contribution in [0.2, 0.25) is 0 Å². The molecule has 0 saturated heterocycles. The largest absolute Gasteiger partial charge is 0.308 e. The molecular weight excluding hydrogens is 502 g/mol. The fourth-order valence-electron chi connectivity index (χ4n) is 5.94. The highest BCUT2D eigenvalue weighted by molar-refractivity contribution is 7.99. The van der Waals surface area contributed by atoms with Crippen molar-refractivity contribution in [3.63, 3.8) is 0 Å². The van der Waals surface area contributed by atoms with Gasteiger partial charge in [0.15, 0.2) is 0 Å². The van der Waals surface area contributed by atoms with E-state index in [1.165, 1.54) is 70.7 Å². The molecule has 0 amide bonds. The van der Waals surface area contributed by atoms with Crippen LogP contribution in [0, 0.1) is 0 Å². The lowest BCUT2D eigenvalue weighted by molar-refractivity contribution is 1.17. The van der Waals surface area contributed by atoms with Crippen LogP contribution in [0.15, 0.2) is 161 Å². The lowest BCUT2D eigenvalue weighted by atomic mass is 9.92. The lowest BCUT2D eigenvalue weighted by Crippen LogP contribution is -2.14. The zero-order chi connectivity index (χ0) is 26.5. The summed E-state index contributed by atoms with van der Waals surface area (Å²) in [4.78, 5) is 4.94. The Morgan fingerprint density at radius 1 is 0.400 bits per heavy atom. The smallest absolute Gasteiger partial charge is 0.0602 e. The van der Waals surface area contributed by atoms with Crippen molar-refractivity contribution < 1.29 is 0 Å². The second-order valence-electron chi connectivity index (χ2n) is 10.2. The van der Waals surface area contributed by atoms with Crippen LogP contribution in [0.25, 0.3) is 43.8 Å². The summed E-state index contributed by atoms with van der Waals surface area (Å²) < 4.78 is 0. The number of hydrogen-bond acceptors (Lipinski definition) is 2. The summed E-state index contributed by atoms with van der Waals surface area (Å²) in [6.07, 6.45) is 0. The molecule has 0 aromatic heterocycles. The van der Waals surface area contributed by atoms with Crippen molar-refractivity contribution in [3.8, 4) is 22.3 Å². The van der Waals surface area contributed by atoms with Gasteiger partial charge in [-0.2, -0.15) is 0 Å². The van der Waals surface area contributed by atoms with Gasteiger partial charge in [-0.25, -0.2) is 0 Å². The molecule has 1 heterocycles. The van der Waals surface area contributed by atoms with Gasteiger partial charge in [-0.3, -0.25) is 0 Å². The average molecular weight is 528 g/mol. The van der Waals surface area contributed by atoms with E-state index >= 15 is 0 Å². The van der Waals surface area contributed by atoms with Crippen LogP contribution in [-0.2, 0) is 0 Å². The maximum Gasteiger partial charge on any atom is 0.0602 e. The van der Waals surface area contributed by atoms with E-state index in [9.17, 15) is 0 Å². The SMILES string of the molecule is c1ccc(-c2ccc(-c3ccc4c(c3)Sc3ccccc3N4c3ccc4ccccc4c3)c3ccccc23)cc1. The molecule has 40 heavy (non-hydrogen) atoms. The van der Waals surface area contributed by atoms with Crippen LogP contribution in [0.5, 0.6) is 0 Å². The molecule has 1 aliphatic heterocycles. The molecule has 1 nitrogen and oxygen atoms in total. The number of hydrogen-bond donors (Lipinski definition) is 0. The predicted molar refractivity (Wildman–Crippen MR) is 171 cm³/mol. The monoisotopic (exact) mass is 527 g/mol. The van der Waals surface area contributed by atoms with Crippen molar-refractivity contribution in [1.82, 2.24) is 0 Å². The third kappa shape index (κ3) is 3.80. The van der Waals surface area contributed by atoms with Gasteiger partial charge in [-0.05, 0) is 80.2 Å². The van der Waals surface area contributed by atoms with Gasteiger partial charge >= 0.3 is 0 Å². The summed E-state index contributed by atoms with van der Waals surface area (Å²) >= 11 is 1.86. The first-order valence-corrected chi connectivity index (χ1v) is 14.4. The molecule has 2 heteroatoms. The fraction of sp³-hybridized carbons (Fsp3) is 0. The Labute approximate surface area is 238 Å². The first-order valence-electron chi connectivity index (χ1n) is 13.6. The first-order chi connectivity index (χ1) is 19.8. The maximum absolute atomic E-state index is 2.41. The molecule has 0 spiro atoms. The minimum Gasteiger partial charge on any atom is -0.308 e. The normalized spacial score (nSPS) is 12.3. The van der Waals surface area contributed by atoms with Crippen molar-refractivity contribution in [2.75, 3.05) is 4.90 Å². The molecule has 0 N–H and O–H groups in total. The third-order valence-electron chi connectivity index (χ3n) is 7.84. The summed E-state index contributed by atoms with van der Waals surface area (Å²) in [5, 5.41) is 5.06. The Morgan fingerprint density at radius 3 is 1.88 bits per heavy atom. The fourth-order valence-corrected chi connectivity index (χ4v) is 7.04. The van der Waals surface area contributed by atoms with Gasteiger partial charge in [0.05, 0.1) is 11.4 Å². The number of anilines is 3. The molecule has 0 fully saturated rings. The van der Waals surface area contributed by atoms with E-state index in [0.29, 0.717) is 0 Å². The molecular formula is C38H25NS. The van der Waals surface area contributed by atoms with E-state index in [1.54, 1.807) is 0 Å². The van der Waals surface area contributed by atoms with Crippen LogP contribution in [-0.4, -0.2) is 0 Å². The van der Waals surface area contributed by atoms with Crippen molar-refractivity contribution in [1.29, 1.82) is 0 Å². The van der Waals surface area contributed by atoms with E-state index in [4.69, 9.17) is 0 Å². The van der Waals surface area contributed by atoms with Crippen LogP contribution >= 0.6 is 11.8 Å². The summed E-state index contributed by atoms with van der Waals surface area (Å²) in [7, 11) is 0. The Balaban J connectivity index is 1.29. The van der Waals surface area contributed by atoms with Gasteiger partial charge in [0.25, 0.3) is 0 Å². The molecule has 0 radical (unpaired) electrons. The zero-order valence-corrected chi connectivity index (χ0v) is 22.6. The van der Waals surface area contributed by atoms with E-state index in [2.05, 4.69) is 157 Å². The van der Waals surface area contributed by atoms with Crippen molar-refractivity contribution >= 4 is 50.4 Å². The van der Waals surface area contributed by atoms with Gasteiger partial charge in [-0.15, -0.1) is 0 Å². The van der Waals surface area contributed by atoms with Crippen LogP contribution < -0.4 is 4.90 Å². The topological polar surface area (TPSA) is 3.24 Å². The van der Waals surface area contributed by atoms with Gasteiger partial charge in [0.1, 0.15) is 0 Å². The minimum atomic E-state index is 1.18. The minimum absolute atomic E-state index is 1.18. The third-order valence-corrected chi connectivity index (χ3v) is 8.95. The summed E-state index contributed by atoms with van der Waals surface area (Å²) in [5.41, 5.74) is 8.62. The molecule has 0 aliphatic carbocycles. The Morgan fingerprint density at radius 2 is 1.05 bits per heavy atom. The number of rotatable bonds is 3. The zero-order valence-electron chi connectivity index (χ0n) is 21.8. The summed E-state index contributed by atoms with van der Waals surface area (Å²) in [6, 6.07) is 55.0. The molecule has 7 aromatic carbocycles. The predicted octanol–water partition coefficient (Wildman–Crippen LogP) is 11.3. The second kappa shape index (κ2) is 9.44. The molecule has 7 aromatic rings. The van der Waals surface area contributed by atoms with Gasteiger partial charge in [0, 0.05) is 15.5 Å². The molecule has 0 bridgehead atoms. The van der Waals surface area contributed by atoms with E-state index in [-0.39, 0.29) is 0 Å². The van der Waals surface area contributed by atoms with E-state index in [0.717, 1.165) is 0 Å². The maximum atomic E-state index is 2.41. The highest BCUT2D eigenvalue weighted by Gasteiger charge is 2.25. The molecule has 188 valence electrons. The summed E-state index contributed by atoms with van der Waals surface area (Å²) in [6.45, 7) is 0. The average Bonchev–Trinajstić information content (AvgIpc) is 3.03. The number of para-hydroxylation sites is 1. The molecule has 0 atom stereocenters. The van der Waals surface area contributed by atoms with Crippen LogP contribution in [0.3, 0.4) is 0 Å². The number of fused-ring (bicyclic) bond motifs is 4. The number of nitrogens with zero attached hydrogens (tertiary/aromatic N) is 1. The second-order valence-corrected chi connectivity index (χ2v) is 11.3. The number of benzene rings is 7. The van der Waals surface area contributed by atoms with Crippen molar-refractivity contribution in [2.45, 2.75) is 9.79 Å². The van der Waals surface area contributed by atoms with Crippen LogP contribution in [0.1, 0.15) is 0 Å². The van der Waals surface area contributed by atoms with Gasteiger partial charge < -0.3 is 4.90 Å². The van der Waals surface area contributed by atoms with E-state index in [1.807, 2.05) is 11.8 Å². The Hall–Kier alpha value is -4.79. The Kier molecular flexibility index (Phi) is 5.46. The lowest BCUT2D eigenvalue weighted by Gasteiger charge is -2.33. The van der Waals surface area contributed by atoms with Crippen molar-refractivity contribution in [3.05, 3.63) is 152 Å². The summed E-state index contributed by atoms with van der Waals surface area (Å²) in [5.74, 6) is 0. The molecule has 8 rings (SSSR count). The quantitative estimate of drug-likeness (QED) is 0.225. The molecule has 1 aliphatic rings. The standard InChI is InChI=1S/C38H25NS/c1-2-11-27(12-3-1)31-21-22-32(34-15-7-6-14-33(31)34)29-19-23-36-38(25-29)40-37-17-9-8-16-35(37)39(36)30-20-18-26-10-4-5-13-28(26)24-30/h1-25H. The molecule has 0 unspecified atom stereocenters. The molecule has 0 saturated carbocycles. The van der Waals surface area contributed by atoms with E-state index < -0.39 is 0 Å². The first kappa shape index (κ1) is 23.1. The highest BCUT2D eigenvalue weighted by atomic mass is 32.2.